The molecule has 0 unspecified atom stereocenters. The van der Waals surface area contributed by atoms with E-state index in [1.54, 1.807) is 11.8 Å². The first kappa shape index (κ1) is 22.8. The highest BCUT2D eigenvalue weighted by Crippen LogP contribution is 2.41. The summed E-state index contributed by atoms with van der Waals surface area (Å²) in [5, 5.41) is 12.1. The van der Waals surface area contributed by atoms with Gasteiger partial charge in [-0.3, -0.25) is 0 Å². The van der Waals surface area contributed by atoms with Gasteiger partial charge < -0.3 is 0 Å². The molecule has 1 aliphatic rings. The Morgan fingerprint density at radius 1 is 0.553 bits per heavy atom. The minimum absolute atomic E-state index is 0.207. The lowest BCUT2D eigenvalue weighted by molar-refractivity contribution is 0.637. The Labute approximate surface area is 226 Å². The standard InChI is InChI=1S/C33H26N4S/c1-33(2)25-15-9-17-27(19-25)36-21-29(23-11-5-3-6-12-23)31(34-36)38-32-30(24-13-7-4-8-14-24)22-37(35-32)28-18-10-16-26(33)20-28/h3-22H,1-2H3. The van der Waals surface area contributed by atoms with Gasteiger partial charge in [0, 0.05) is 28.9 Å². The first-order valence-electron chi connectivity index (χ1n) is 12.8. The number of hydrogen-bond acceptors (Lipinski definition) is 3. The monoisotopic (exact) mass is 510 g/mol. The second kappa shape index (κ2) is 8.89. The molecule has 2 aromatic heterocycles. The molecule has 0 atom stereocenters. The van der Waals surface area contributed by atoms with Crippen LogP contribution in [-0.2, 0) is 5.41 Å². The average molecular weight is 511 g/mol. The van der Waals surface area contributed by atoms with Crippen molar-refractivity contribution in [2.75, 3.05) is 0 Å². The lowest BCUT2D eigenvalue weighted by Crippen LogP contribution is -2.19. The van der Waals surface area contributed by atoms with E-state index in [1.165, 1.54) is 11.1 Å². The maximum Gasteiger partial charge on any atom is 0.133 e. The maximum absolute atomic E-state index is 5.12. The summed E-state index contributed by atoms with van der Waals surface area (Å²) in [4.78, 5) is 0. The summed E-state index contributed by atoms with van der Waals surface area (Å²) in [7, 11) is 0. The lowest BCUT2D eigenvalue weighted by Gasteiger charge is -2.27. The molecule has 4 nitrogen and oxygen atoms in total. The highest BCUT2D eigenvalue weighted by molar-refractivity contribution is 7.99. The van der Waals surface area contributed by atoms with E-state index in [4.69, 9.17) is 10.2 Å². The molecule has 1 aliphatic heterocycles. The van der Waals surface area contributed by atoms with Crippen LogP contribution in [0.25, 0.3) is 33.6 Å². The third-order valence-electron chi connectivity index (χ3n) is 7.39. The van der Waals surface area contributed by atoms with E-state index in [9.17, 15) is 0 Å². The van der Waals surface area contributed by atoms with Gasteiger partial charge in [0.15, 0.2) is 0 Å². The zero-order valence-electron chi connectivity index (χ0n) is 21.2. The highest BCUT2D eigenvalue weighted by atomic mass is 32.2. The smallest absolute Gasteiger partial charge is 0.133 e. The van der Waals surface area contributed by atoms with Crippen molar-refractivity contribution in [3.8, 4) is 33.6 Å². The van der Waals surface area contributed by atoms with E-state index in [0.717, 1.165) is 43.7 Å². The van der Waals surface area contributed by atoms with E-state index in [0.29, 0.717) is 0 Å². The third-order valence-corrected chi connectivity index (χ3v) is 8.38. The number of aromatic nitrogens is 4. The largest absolute Gasteiger partial charge is 0.239 e. The van der Waals surface area contributed by atoms with Crippen molar-refractivity contribution in [2.45, 2.75) is 29.3 Å². The first-order valence-corrected chi connectivity index (χ1v) is 13.6. The second-order valence-corrected chi connectivity index (χ2v) is 11.1. The Morgan fingerprint density at radius 3 is 1.45 bits per heavy atom. The summed E-state index contributed by atoms with van der Waals surface area (Å²) < 4.78 is 4.01. The van der Waals surface area contributed by atoms with Crippen LogP contribution in [0.2, 0.25) is 0 Å². The molecule has 4 aromatic carbocycles. The van der Waals surface area contributed by atoms with Crippen molar-refractivity contribution in [3.05, 3.63) is 133 Å². The molecule has 3 heterocycles. The van der Waals surface area contributed by atoms with Gasteiger partial charge in [-0.05, 0) is 58.3 Å². The molecule has 0 N–H and O–H groups in total. The van der Waals surface area contributed by atoms with Crippen molar-refractivity contribution in [3.63, 3.8) is 0 Å². The number of nitrogens with zero attached hydrogens (tertiary/aromatic N) is 4. The van der Waals surface area contributed by atoms with Crippen LogP contribution in [0.1, 0.15) is 25.0 Å². The molecular formula is C33H26N4S. The number of rotatable bonds is 2. The molecule has 6 aromatic rings. The molecule has 184 valence electrons. The SMILES string of the molecule is CC1(C)c2cccc(c2)-n2cc(-c3ccccc3)c(n2)Sc2nn(cc2-c2ccccc2)-c2cccc1c2. The predicted octanol–water partition coefficient (Wildman–Crippen LogP) is 8.18. The molecule has 0 fully saturated rings. The number of hydrogen-bond donors (Lipinski definition) is 0. The van der Waals surface area contributed by atoms with Gasteiger partial charge in [0.1, 0.15) is 10.1 Å². The fourth-order valence-corrected chi connectivity index (χ4v) is 6.10. The van der Waals surface area contributed by atoms with E-state index < -0.39 is 0 Å². The van der Waals surface area contributed by atoms with Crippen LogP contribution in [-0.4, -0.2) is 19.6 Å². The van der Waals surface area contributed by atoms with E-state index in [-0.39, 0.29) is 5.41 Å². The fourth-order valence-electron chi connectivity index (χ4n) is 5.10. The van der Waals surface area contributed by atoms with E-state index in [2.05, 4.69) is 123 Å². The molecule has 5 heteroatoms. The van der Waals surface area contributed by atoms with Gasteiger partial charge in [-0.2, -0.15) is 10.2 Å². The van der Waals surface area contributed by atoms with Crippen molar-refractivity contribution < 1.29 is 0 Å². The molecule has 8 bridgehead atoms. The normalized spacial score (nSPS) is 13.6. The molecule has 0 radical (unpaired) electrons. The van der Waals surface area contributed by atoms with Gasteiger partial charge in [0.25, 0.3) is 0 Å². The van der Waals surface area contributed by atoms with Gasteiger partial charge in [0.2, 0.25) is 0 Å². The Balaban J connectivity index is 1.52. The molecule has 0 saturated carbocycles. The lowest BCUT2D eigenvalue weighted by atomic mass is 9.78. The van der Waals surface area contributed by atoms with Crippen LogP contribution >= 0.6 is 11.8 Å². The Bertz CT molecular complexity index is 1630. The Hall–Kier alpha value is -4.35. The molecule has 0 spiro atoms. The van der Waals surface area contributed by atoms with Crippen molar-refractivity contribution in [2.24, 2.45) is 0 Å². The zero-order valence-corrected chi connectivity index (χ0v) is 22.1. The minimum atomic E-state index is -0.207. The third kappa shape index (κ3) is 3.87. The van der Waals surface area contributed by atoms with Crippen molar-refractivity contribution >= 4 is 11.8 Å². The van der Waals surface area contributed by atoms with Crippen LogP contribution in [0.5, 0.6) is 0 Å². The van der Waals surface area contributed by atoms with Gasteiger partial charge in [0.05, 0.1) is 11.4 Å². The van der Waals surface area contributed by atoms with Crippen LogP contribution in [0.3, 0.4) is 0 Å². The average Bonchev–Trinajstić information content (AvgIpc) is 3.59. The van der Waals surface area contributed by atoms with Crippen LogP contribution in [0, 0.1) is 0 Å². The quantitative estimate of drug-likeness (QED) is 0.236. The summed E-state index contributed by atoms with van der Waals surface area (Å²) in [5.41, 5.74) is 8.80. The molecule has 38 heavy (non-hydrogen) atoms. The molecular weight excluding hydrogens is 484 g/mol. The number of fused-ring (bicyclic) bond motifs is 10. The topological polar surface area (TPSA) is 35.6 Å². The van der Waals surface area contributed by atoms with Crippen molar-refractivity contribution in [1.29, 1.82) is 0 Å². The highest BCUT2D eigenvalue weighted by Gasteiger charge is 2.26. The van der Waals surface area contributed by atoms with Gasteiger partial charge in [-0.15, -0.1) is 0 Å². The summed E-state index contributed by atoms with van der Waals surface area (Å²) in [6.07, 6.45) is 4.28. The van der Waals surface area contributed by atoms with E-state index >= 15 is 0 Å². The first-order chi connectivity index (χ1) is 18.6. The molecule has 0 aliphatic carbocycles. The van der Waals surface area contributed by atoms with Gasteiger partial charge >= 0.3 is 0 Å². The Morgan fingerprint density at radius 2 is 1.00 bits per heavy atom. The zero-order chi connectivity index (χ0) is 25.7. The molecule has 0 saturated heterocycles. The van der Waals surface area contributed by atoms with E-state index in [1.807, 2.05) is 21.5 Å². The summed E-state index contributed by atoms with van der Waals surface area (Å²) >= 11 is 1.62. The van der Waals surface area contributed by atoms with Crippen LogP contribution in [0.4, 0.5) is 0 Å². The Kier molecular flexibility index (Phi) is 5.34. The summed E-state index contributed by atoms with van der Waals surface area (Å²) in [5.74, 6) is 0. The fraction of sp³-hybridized carbons (Fsp3) is 0.0909. The van der Waals surface area contributed by atoms with Gasteiger partial charge in [-0.25, -0.2) is 9.36 Å². The maximum atomic E-state index is 5.12. The summed E-state index contributed by atoms with van der Waals surface area (Å²) in [6, 6.07) is 38.4. The number of benzene rings is 4. The molecule has 7 rings (SSSR count). The van der Waals surface area contributed by atoms with Crippen molar-refractivity contribution in [1.82, 2.24) is 19.6 Å². The predicted molar refractivity (Wildman–Crippen MR) is 154 cm³/mol. The van der Waals surface area contributed by atoms with Gasteiger partial charge in [-0.1, -0.05) is 98.8 Å². The summed E-state index contributed by atoms with van der Waals surface area (Å²) in [6.45, 7) is 4.56. The van der Waals surface area contributed by atoms with Crippen LogP contribution in [0.15, 0.2) is 132 Å². The second-order valence-electron chi connectivity index (χ2n) is 10.1. The van der Waals surface area contributed by atoms with Crippen LogP contribution < -0.4 is 0 Å². The molecule has 0 amide bonds. The minimum Gasteiger partial charge on any atom is -0.239 e.